The van der Waals surface area contributed by atoms with Crippen LogP contribution >= 0.6 is 0 Å². The SMILES string of the molecule is CCn1ncc(C(=O)c2cc(C)c3c(c2C)C(C)(C)CC3)c1OCc1ccc(C)cc1. The van der Waals surface area contributed by atoms with E-state index in [1.165, 1.54) is 22.3 Å². The van der Waals surface area contributed by atoms with Gasteiger partial charge < -0.3 is 4.74 Å². The summed E-state index contributed by atoms with van der Waals surface area (Å²) in [6.07, 6.45) is 3.87. The minimum atomic E-state index is -0.00953. The Morgan fingerprint density at radius 3 is 2.52 bits per heavy atom. The number of carbonyl (C=O) groups is 1. The molecule has 0 aliphatic heterocycles. The van der Waals surface area contributed by atoms with Gasteiger partial charge in [-0.25, -0.2) is 4.68 Å². The molecule has 1 heterocycles. The highest BCUT2D eigenvalue weighted by atomic mass is 16.5. The summed E-state index contributed by atoms with van der Waals surface area (Å²) in [5.41, 5.74) is 8.75. The molecule has 1 aliphatic carbocycles. The van der Waals surface area contributed by atoms with Crippen LogP contribution in [0.4, 0.5) is 0 Å². The normalized spacial score (nSPS) is 14.5. The minimum Gasteiger partial charge on any atom is -0.472 e. The Balaban J connectivity index is 1.71. The van der Waals surface area contributed by atoms with Gasteiger partial charge in [0.15, 0.2) is 5.78 Å². The maximum Gasteiger partial charge on any atom is 0.223 e. The molecule has 0 saturated carbocycles. The molecule has 0 radical (unpaired) electrons. The highest BCUT2D eigenvalue weighted by molar-refractivity contribution is 6.11. The van der Waals surface area contributed by atoms with Gasteiger partial charge in [-0.3, -0.25) is 4.79 Å². The van der Waals surface area contributed by atoms with E-state index in [1.54, 1.807) is 10.9 Å². The first kappa shape index (κ1) is 21.4. The molecule has 0 bridgehead atoms. The maximum absolute atomic E-state index is 13.7. The van der Waals surface area contributed by atoms with Gasteiger partial charge in [0.2, 0.25) is 5.88 Å². The quantitative estimate of drug-likeness (QED) is 0.473. The van der Waals surface area contributed by atoms with Crippen LogP contribution in [0.15, 0.2) is 36.5 Å². The van der Waals surface area contributed by atoms with E-state index in [-0.39, 0.29) is 11.2 Å². The van der Waals surface area contributed by atoms with Crippen molar-refractivity contribution in [3.05, 3.63) is 81.0 Å². The molecular weight excluding hydrogens is 384 g/mol. The standard InChI is InChI=1S/C27H32N2O2/c1-7-29-26(31-16-20-10-8-17(2)9-11-20)23(15-28-29)25(30)22-14-18(3)21-12-13-27(5,6)24(21)19(22)4/h8-11,14-15H,7,12-13,16H2,1-6H3. The summed E-state index contributed by atoms with van der Waals surface area (Å²) in [6, 6.07) is 10.3. The van der Waals surface area contributed by atoms with E-state index < -0.39 is 0 Å². The van der Waals surface area contributed by atoms with Crippen LogP contribution in [0.5, 0.6) is 5.88 Å². The van der Waals surface area contributed by atoms with Crippen LogP contribution < -0.4 is 4.74 Å². The van der Waals surface area contributed by atoms with E-state index in [1.807, 2.05) is 6.92 Å². The molecule has 0 atom stereocenters. The van der Waals surface area contributed by atoms with E-state index in [4.69, 9.17) is 4.74 Å². The predicted octanol–water partition coefficient (Wildman–Crippen LogP) is 5.86. The highest BCUT2D eigenvalue weighted by Crippen LogP contribution is 2.43. The lowest BCUT2D eigenvalue weighted by Crippen LogP contribution is -2.17. The Hall–Kier alpha value is -2.88. The van der Waals surface area contributed by atoms with Gasteiger partial charge in [-0.2, -0.15) is 5.10 Å². The summed E-state index contributed by atoms with van der Waals surface area (Å²) < 4.78 is 7.92. The topological polar surface area (TPSA) is 44.1 Å². The van der Waals surface area contributed by atoms with Gasteiger partial charge in [0.05, 0.1) is 6.20 Å². The number of ether oxygens (including phenoxy) is 1. The zero-order valence-corrected chi connectivity index (χ0v) is 19.5. The van der Waals surface area contributed by atoms with Crippen molar-refractivity contribution in [1.29, 1.82) is 0 Å². The monoisotopic (exact) mass is 416 g/mol. The molecule has 4 nitrogen and oxygen atoms in total. The van der Waals surface area contributed by atoms with Crippen molar-refractivity contribution in [2.24, 2.45) is 0 Å². The first-order valence-electron chi connectivity index (χ1n) is 11.2. The Bertz CT molecular complexity index is 1140. The van der Waals surface area contributed by atoms with Gasteiger partial charge in [-0.15, -0.1) is 0 Å². The van der Waals surface area contributed by atoms with Crippen molar-refractivity contribution in [2.45, 2.75) is 73.0 Å². The lowest BCUT2D eigenvalue weighted by atomic mass is 9.80. The van der Waals surface area contributed by atoms with Crippen molar-refractivity contribution in [3.8, 4) is 5.88 Å². The number of nitrogens with zero attached hydrogens (tertiary/aromatic N) is 2. The molecule has 0 amide bonds. The summed E-state index contributed by atoms with van der Waals surface area (Å²) in [7, 11) is 0. The van der Waals surface area contributed by atoms with E-state index >= 15 is 0 Å². The Morgan fingerprint density at radius 2 is 1.84 bits per heavy atom. The molecule has 31 heavy (non-hydrogen) atoms. The molecule has 4 rings (SSSR count). The van der Waals surface area contributed by atoms with E-state index in [9.17, 15) is 4.79 Å². The number of ketones is 1. The van der Waals surface area contributed by atoms with Crippen molar-refractivity contribution in [3.63, 3.8) is 0 Å². The highest BCUT2D eigenvalue weighted by Gasteiger charge is 2.35. The fourth-order valence-corrected chi connectivity index (χ4v) is 4.90. The van der Waals surface area contributed by atoms with Crippen molar-refractivity contribution >= 4 is 5.78 Å². The Labute approximate surface area is 185 Å². The van der Waals surface area contributed by atoms with E-state index in [0.29, 0.717) is 24.6 Å². The number of carbonyl (C=O) groups excluding carboxylic acids is 1. The third-order valence-electron chi connectivity index (χ3n) is 6.67. The first-order valence-corrected chi connectivity index (χ1v) is 11.2. The molecule has 4 heteroatoms. The molecule has 0 saturated heterocycles. The number of hydrogen-bond acceptors (Lipinski definition) is 3. The average Bonchev–Trinajstić information content (AvgIpc) is 3.30. The number of benzene rings is 2. The molecule has 0 N–H and O–H groups in total. The van der Waals surface area contributed by atoms with Gasteiger partial charge in [-0.1, -0.05) is 43.7 Å². The molecule has 1 aliphatic rings. The Morgan fingerprint density at radius 1 is 1.13 bits per heavy atom. The number of aryl methyl sites for hydroxylation is 3. The second kappa shape index (κ2) is 7.99. The third-order valence-corrected chi connectivity index (χ3v) is 6.67. The summed E-state index contributed by atoms with van der Waals surface area (Å²) in [4.78, 5) is 13.7. The van der Waals surface area contributed by atoms with Crippen molar-refractivity contribution in [1.82, 2.24) is 9.78 Å². The van der Waals surface area contributed by atoms with Crippen molar-refractivity contribution < 1.29 is 9.53 Å². The van der Waals surface area contributed by atoms with Gasteiger partial charge in [0.25, 0.3) is 0 Å². The number of hydrogen-bond donors (Lipinski definition) is 0. The van der Waals surface area contributed by atoms with E-state index in [2.05, 4.69) is 70.0 Å². The fourth-order valence-electron chi connectivity index (χ4n) is 4.90. The largest absolute Gasteiger partial charge is 0.472 e. The molecule has 1 aromatic heterocycles. The lowest BCUT2D eigenvalue weighted by molar-refractivity contribution is 0.103. The third kappa shape index (κ3) is 3.80. The fraction of sp³-hybridized carbons (Fsp3) is 0.407. The second-order valence-corrected chi connectivity index (χ2v) is 9.39. The Kier molecular flexibility index (Phi) is 5.50. The molecule has 2 aromatic carbocycles. The molecule has 3 aromatic rings. The summed E-state index contributed by atoms with van der Waals surface area (Å²) in [5, 5.41) is 4.43. The van der Waals surface area contributed by atoms with Crippen LogP contribution in [0.25, 0.3) is 0 Å². The second-order valence-electron chi connectivity index (χ2n) is 9.39. The predicted molar refractivity (Wildman–Crippen MR) is 124 cm³/mol. The van der Waals surface area contributed by atoms with E-state index in [0.717, 1.165) is 29.5 Å². The smallest absolute Gasteiger partial charge is 0.223 e. The zero-order chi connectivity index (χ0) is 22.3. The summed E-state index contributed by atoms with van der Waals surface area (Å²) in [5.74, 6) is 0.537. The number of fused-ring (bicyclic) bond motifs is 1. The maximum atomic E-state index is 13.7. The summed E-state index contributed by atoms with van der Waals surface area (Å²) >= 11 is 0. The van der Waals surface area contributed by atoms with Crippen LogP contribution in [-0.2, 0) is 25.0 Å². The van der Waals surface area contributed by atoms with Crippen LogP contribution in [0.2, 0.25) is 0 Å². The van der Waals surface area contributed by atoms with Crippen molar-refractivity contribution in [2.75, 3.05) is 0 Å². The molecule has 0 fully saturated rings. The zero-order valence-electron chi connectivity index (χ0n) is 19.5. The van der Waals surface area contributed by atoms with Crippen LogP contribution in [-0.4, -0.2) is 15.6 Å². The molecule has 0 spiro atoms. The van der Waals surface area contributed by atoms with Gasteiger partial charge in [0.1, 0.15) is 12.2 Å². The number of rotatable bonds is 6. The molecule has 0 unspecified atom stereocenters. The van der Waals surface area contributed by atoms with Gasteiger partial charge >= 0.3 is 0 Å². The van der Waals surface area contributed by atoms with Crippen LogP contribution in [0.1, 0.15) is 76.5 Å². The van der Waals surface area contributed by atoms with Crippen LogP contribution in [0, 0.1) is 20.8 Å². The molecule has 162 valence electrons. The van der Waals surface area contributed by atoms with Gasteiger partial charge in [-0.05, 0) is 79.8 Å². The lowest BCUT2D eigenvalue weighted by Gasteiger charge is -2.23. The summed E-state index contributed by atoms with van der Waals surface area (Å²) in [6.45, 7) is 13.9. The number of aromatic nitrogens is 2. The first-order chi connectivity index (χ1) is 14.7. The molecular formula is C27H32N2O2. The van der Waals surface area contributed by atoms with Gasteiger partial charge in [0, 0.05) is 12.1 Å². The van der Waals surface area contributed by atoms with Crippen LogP contribution in [0.3, 0.4) is 0 Å². The minimum absolute atomic E-state index is 0.00953. The average molecular weight is 417 g/mol.